The Balaban J connectivity index is 2.27. The largest absolute Gasteiger partial charge is 0.416 e. The number of halogens is 3. The van der Waals surface area contributed by atoms with Gasteiger partial charge in [-0.15, -0.1) is 11.3 Å². The Morgan fingerprint density at radius 2 is 1.93 bits per heavy atom. The molecule has 5 nitrogen and oxygen atoms in total. The predicted octanol–water partition coefficient (Wildman–Crippen LogP) is 3.16. The van der Waals surface area contributed by atoms with Crippen molar-refractivity contribution < 1.29 is 22.8 Å². The molecular weight excluding hydrogens is 379 g/mol. The smallest absolute Gasteiger partial charge is 0.367 e. The lowest BCUT2D eigenvalue weighted by Gasteiger charge is -2.20. The summed E-state index contributed by atoms with van der Waals surface area (Å²) >= 11 is 0.977. The fourth-order valence-electron chi connectivity index (χ4n) is 2.97. The van der Waals surface area contributed by atoms with Crippen LogP contribution in [0.1, 0.15) is 26.4 Å². The van der Waals surface area contributed by atoms with Crippen LogP contribution in [0.5, 0.6) is 0 Å². The number of allylic oxidation sites excluding steroid dienone is 1. The third-order valence-electron chi connectivity index (χ3n) is 4.27. The minimum atomic E-state index is -4.51. The second-order valence-corrected chi connectivity index (χ2v) is 6.99. The van der Waals surface area contributed by atoms with E-state index >= 15 is 0 Å². The van der Waals surface area contributed by atoms with Crippen molar-refractivity contribution in [2.45, 2.75) is 18.6 Å². The van der Waals surface area contributed by atoms with Crippen LogP contribution in [0, 0.1) is 6.92 Å². The molecule has 0 saturated heterocycles. The van der Waals surface area contributed by atoms with Gasteiger partial charge in [-0.05, 0) is 42.3 Å². The van der Waals surface area contributed by atoms with Crippen molar-refractivity contribution in [2.75, 3.05) is 0 Å². The monoisotopic (exact) mass is 393 g/mol. The maximum atomic E-state index is 13.0. The highest BCUT2D eigenvalue weighted by Crippen LogP contribution is 2.45. The molecule has 1 aliphatic rings. The average Bonchev–Trinajstić information content (AvgIpc) is 3.19. The topological polar surface area (TPSA) is 98.5 Å². The first-order valence-electron chi connectivity index (χ1n) is 7.72. The van der Waals surface area contributed by atoms with E-state index in [0.29, 0.717) is 10.4 Å². The van der Waals surface area contributed by atoms with E-state index in [9.17, 15) is 22.8 Å². The van der Waals surface area contributed by atoms with Crippen LogP contribution < -0.4 is 11.5 Å². The Kier molecular flexibility index (Phi) is 4.43. The molecule has 1 aromatic heterocycles. The lowest BCUT2D eigenvalue weighted by Crippen LogP contribution is -2.37. The molecule has 1 atom stereocenters. The molecule has 27 heavy (non-hydrogen) atoms. The minimum absolute atomic E-state index is 0.0370. The summed E-state index contributed by atoms with van der Waals surface area (Å²) in [4.78, 5) is 28.8. The van der Waals surface area contributed by atoms with Crippen molar-refractivity contribution in [1.82, 2.24) is 0 Å². The van der Waals surface area contributed by atoms with Crippen molar-refractivity contribution in [3.8, 4) is 10.4 Å². The molecule has 1 unspecified atom stereocenters. The van der Waals surface area contributed by atoms with E-state index in [0.717, 1.165) is 23.5 Å². The van der Waals surface area contributed by atoms with E-state index in [4.69, 9.17) is 11.5 Å². The molecule has 9 heteroatoms. The number of hydrogen-bond acceptors (Lipinski definition) is 4. The van der Waals surface area contributed by atoms with Crippen LogP contribution in [-0.4, -0.2) is 18.0 Å². The maximum absolute atomic E-state index is 13.0. The van der Waals surface area contributed by atoms with Crippen molar-refractivity contribution in [2.24, 2.45) is 16.5 Å². The summed E-state index contributed by atoms with van der Waals surface area (Å²) in [5.41, 5.74) is 9.25. The molecule has 0 aliphatic carbocycles. The molecule has 0 radical (unpaired) electrons. The number of primary amides is 2. The zero-order valence-corrected chi connectivity index (χ0v) is 14.8. The van der Waals surface area contributed by atoms with Crippen molar-refractivity contribution >= 4 is 29.4 Å². The van der Waals surface area contributed by atoms with Gasteiger partial charge in [0.05, 0.1) is 16.0 Å². The Morgan fingerprint density at radius 3 is 2.44 bits per heavy atom. The van der Waals surface area contributed by atoms with Gasteiger partial charge in [-0.3, -0.25) is 14.6 Å². The number of benzene rings is 1. The molecule has 140 valence electrons. The molecule has 2 amide bonds. The molecule has 1 aliphatic heterocycles. The summed E-state index contributed by atoms with van der Waals surface area (Å²) in [6, 6.07) is 4.71. The number of amides is 2. The number of nitrogens with zero attached hydrogens (tertiary/aromatic N) is 1. The van der Waals surface area contributed by atoms with Crippen LogP contribution in [0.15, 0.2) is 41.4 Å². The van der Waals surface area contributed by atoms with Crippen molar-refractivity contribution in [3.63, 3.8) is 0 Å². The second-order valence-electron chi connectivity index (χ2n) is 5.97. The van der Waals surface area contributed by atoms with Gasteiger partial charge in [0.2, 0.25) is 5.91 Å². The van der Waals surface area contributed by atoms with E-state index in [1.807, 2.05) is 0 Å². The lowest BCUT2D eigenvalue weighted by atomic mass is 9.92. The molecule has 4 N–H and O–H groups in total. The predicted molar refractivity (Wildman–Crippen MR) is 96.5 cm³/mol. The van der Waals surface area contributed by atoms with Gasteiger partial charge in [-0.1, -0.05) is 12.1 Å². The number of hydrogen-bond donors (Lipinski definition) is 2. The van der Waals surface area contributed by atoms with E-state index in [2.05, 4.69) is 4.99 Å². The van der Waals surface area contributed by atoms with E-state index in [1.54, 1.807) is 6.92 Å². The Bertz CT molecular complexity index is 994. The van der Waals surface area contributed by atoms with Gasteiger partial charge in [0, 0.05) is 11.1 Å². The van der Waals surface area contributed by atoms with Gasteiger partial charge in [0.15, 0.2) is 5.54 Å². The highest BCUT2D eigenvalue weighted by atomic mass is 32.1. The number of rotatable bonds is 4. The van der Waals surface area contributed by atoms with Crippen LogP contribution >= 0.6 is 11.3 Å². The maximum Gasteiger partial charge on any atom is 0.416 e. The zero-order valence-electron chi connectivity index (χ0n) is 14.0. The molecule has 1 aromatic carbocycles. The van der Waals surface area contributed by atoms with E-state index in [-0.39, 0.29) is 16.0 Å². The molecule has 0 fully saturated rings. The highest BCUT2D eigenvalue weighted by molar-refractivity contribution is 7.16. The van der Waals surface area contributed by atoms with Gasteiger partial charge in [-0.25, -0.2) is 0 Å². The van der Waals surface area contributed by atoms with E-state index < -0.39 is 29.1 Å². The average molecular weight is 393 g/mol. The number of carbonyl (C=O) groups excluding carboxylic acids is 2. The van der Waals surface area contributed by atoms with Gasteiger partial charge >= 0.3 is 6.18 Å². The van der Waals surface area contributed by atoms with E-state index in [1.165, 1.54) is 30.5 Å². The number of nitrogens with two attached hydrogens (primary N) is 2. The number of thiophene rings is 1. The minimum Gasteiger partial charge on any atom is -0.367 e. The summed E-state index contributed by atoms with van der Waals surface area (Å²) in [6.07, 6.45) is -0.199. The van der Waals surface area contributed by atoms with Gasteiger partial charge in [-0.2, -0.15) is 13.2 Å². The summed E-state index contributed by atoms with van der Waals surface area (Å²) in [5, 5.41) is 0. The SMILES string of the molecule is Cc1c(-c2cccc(C(F)(F)F)c2)sc(C2(C(N)=O)C=CC=N2)c1C(N)=O. The van der Waals surface area contributed by atoms with Crippen molar-refractivity contribution in [1.29, 1.82) is 0 Å². The normalized spacial score (nSPS) is 18.8. The number of aliphatic imine (C=N–C) groups is 1. The summed E-state index contributed by atoms with van der Waals surface area (Å²) in [6.45, 7) is 1.56. The number of carbonyl (C=O) groups is 2. The van der Waals surface area contributed by atoms with Gasteiger partial charge in [0.1, 0.15) is 0 Å². The fourth-order valence-corrected chi connectivity index (χ4v) is 4.41. The second kappa shape index (κ2) is 6.34. The van der Waals surface area contributed by atoms with Crippen LogP contribution in [-0.2, 0) is 16.5 Å². The number of alkyl halides is 3. The molecule has 3 rings (SSSR count). The first-order chi connectivity index (χ1) is 12.6. The van der Waals surface area contributed by atoms with Gasteiger partial charge in [0.25, 0.3) is 5.91 Å². The third kappa shape index (κ3) is 3.03. The molecule has 2 aromatic rings. The molecule has 0 bridgehead atoms. The molecule has 0 saturated carbocycles. The quantitative estimate of drug-likeness (QED) is 0.834. The Hall–Kier alpha value is -2.94. The summed E-state index contributed by atoms with van der Waals surface area (Å²) in [5.74, 6) is -1.63. The van der Waals surface area contributed by atoms with Gasteiger partial charge < -0.3 is 11.5 Å². The summed E-state index contributed by atoms with van der Waals surface area (Å²) < 4.78 is 39.1. The third-order valence-corrected chi connectivity index (χ3v) is 5.73. The lowest BCUT2D eigenvalue weighted by molar-refractivity contribution is -0.137. The summed E-state index contributed by atoms with van der Waals surface area (Å²) in [7, 11) is 0. The zero-order chi connectivity index (χ0) is 20.0. The van der Waals surface area contributed by atoms with Crippen molar-refractivity contribution in [3.05, 3.63) is 58.0 Å². The Labute approximate surface area is 156 Å². The van der Waals surface area contributed by atoms with Crippen LogP contribution in [0.25, 0.3) is 10.4 Å². The Morgan fingerprint density at radius 1 is 1.22 bits per heavy atom. The van der Waals surface area contributed by atoms with Crippen LogP contribution in [0.4, 0.5) is 13.2 Å². The standard InChI is InChI=1S/C18H14F3N3O2S/c1-9-12(15(22)25)14(17(16(23)26)6-3-7-24-17)27-13(9)10-4-2-5-11(8-10)18(19,20)21/h2-8H,1H3,(H2,22,25)(H2,23,26). The molecular formula is C18H14F3N3O2S. The highest BCUT2D eigenvalue weighted by Gasteiger charge is 2.43. The first-order valence-corrected chi connectivity index (χ1v) is 8.54. The van der Waals surface area contributed by atoms with Crippen LogP contribution in [0.3, 0.4) is 0 Å². The first kappa shape index (κ1) is 18.8. The molecule has 0 spiro atoms. The molecule has 2 heterocycles. The fraction of sp³-hybridized carbons (Fsp3) is 0.167. The van der Waals surface area contributed by atoms with Crippen LogP contribution in [0.2, 0.25) is 0 Å².